The minimum Gasteiger partial charge on any atom is -0.342 e. The van der Waals surface area contributed by atoms with Crippen LogP contribution in [0.3, 0.4) is 0 Å². The van der Waals surface area contributed by atoms with Gasteiger partial charge in [0.25, 0.3) is 5.56 Å². The lowest BCUT2D eigenvalue weighted by Crippen LogP contribution is -2.48. The maximum Gasteiger partial charge on any atom is 0.254 e. The molecular formula is C20H22N4O3. The van der Waals surface area contributed by atoms with Crippen molar-refractivity contribution in [2.24, 2.45) is 0 Å². The highest BCUT2D eigenvalue weighted by Gasteiger charge is 2.48. The van der Waals surface area contributed by atoms with Gasteiger partial charge in [-0.2, -0.15) is 0 Å². The van der Waals surface area contributed by atoms with Crippen LogP contribution in [0.15, 0.2) is 29.1 Å². The summed E-state index contributed by atoms with van der Waals surface area (Å²) in [6.07, 6.45) is 1.20. The van der Waals surface area contributed by atoms with E-state index in [0.717, 1.165) is 11.3 Å². The minimum atomic E-state index is -0.549. The fourth-order valence-corrected chi connectivity index (χ4v) is 4.23. The van der Waals surface area contributed by atoms with Gasteiger partial charge in [-0.15, -0.1) is 0 Å². The predicted octanol–water partition coefficient (Wildman–Crippen LogP) is 1.44. The molecular weight excluding hydrogens is 344 g/mol. The van der Waals surface area contributed by atoms with Crippen LogP contribution in [0.5, 0.6) is 0 Å². The number of H-pyrrole nitrogens is 1. The van der Waals surface area contributed by atoms with Crippen molar-refractivity contribution in [3.63, 3.8) is 0 Å². The summed E-state index contributed by atoms with van der Waals surface area (Å²) in [6, 6.07) is 7.76. The molecule has 0 aliphatic carbocycles. The number of amides is 2. The number of hydrogen-bond acceptors (Lipinski definition) is 4. The summed E-state index contributed by atoms with van der Waals surface area (Å²) in [5, 5.41) is 2.97. The van der Waals surface area contributed by atoms with Crippen LogP contribution in [0.2, 0.25) is 0 Å². The van der Waals surface area contributed by atoms with E-state index in [1.165, 1.54) is 0 Å². The second-order valence-electron chi connectivity index (χ2n) is 7.35. The van der Waals surface area contributed by atoms with Crippen molar-refractivity contribution in [2.75, 3.05) is 18.4 Å². The Balaban J connectivity index is 1.50. The molecule has 1 aromatic carbocycles. The molecule has 1 saturated heterocycles. The third kappa shape index (κ3) is 2.83. The molecule has 3 heterocycles. The molecule has 0 unspecified atom stereocenters. The average Bonchev–Trinajstić information content (AvgIpc) is 2.90. The van der Waals surface area contributed by atoms with Crippen LogP contribution in [0.4, 0.5) is 5.69 Å². The Hall–Kier alpha value is -2.96. The first-order valence-corrected chi connectivity index (χ1v) is 9.16. The summed E-state index contributed by atoms with van der Waals surface area (Å²) in [5.41, 5.74) is 2.09. The number of benzene rings is 1. The summed E-state index contributed by atoms with van der Waals surface area (Å²) < 4.78 is 0. The minimum absolute atomic E-state index is 0.0193. The zero-order valence-corrected chi connectivity index (χ0v) is 15.5. The van der Waals surface area contributed by atoms with Crippen LogP contribution < -0.4 is 10.9 Å². The third-order valence-electron chi connectivity index (χ3n) is 5.76. The van der Waals surface area contributed by atoms with Gasteiger partial charge in [-0.1, -0.05) is 18.2 Å². The summed E-state index contributed by atoms with van der Waals surface area (Å²) in [7, 11) is 0. The summed E-state index contributed by atoms with van der Waals surface area (Å²) in [5.74, 6) is 0.459. The number of aromatic amines is 1. The van der Waals surface area contributed by atoms with Crippen LogP contribution in [0, 0.1) is 13.8 Å². The number of carbonyl (C=O) groups excluding carboxylic acids is 2. The Labute approximate surface area is 156 Å². The first-order chi connectivity index (χ1) is 12.9. The molecule has 27 heavy (non-hydrogen) atoms. The van der Waals surface area contributed by atoms with Crippen molar-refractivity contribution in [1.82, 2.24) is 14.9 Å². The number of para-hydroxylation sites is 1. The monoisotopic (exact) mass is 366 g/mol. The number of aromatic nitrogens is 2. The second kappa shape index (κ2) is 6.33. The van der Waals surface area contributed by atoms with Crippen molar-refractivity contribution in [3.8, 4) is 0 Å². The van der Waals surface area contributed by atoms with Crippen LogP contribution >= 0.6 is 0 Å². The molecule has 2 N–H and O–H groups in total. The summed E-state index contributed by atoms with van der Waals surface area (Å²) in [6.45, 7) is 4.46. The molecule has 1 aromatic heterocycles. The van der Waals surface area contributed by atoms with E-state index < -0.39 is 5.41 Å². The van der Waals surface area contributed by atoms with E-state index in [9.17, 15) is 14.4 Å². The third-order valence-corrected chi connectivity index (χ3v) is 5.76. The van der Waals surface area contributed by atoms with E-state index in [1.54, 1.807) is 18.7 Å². The summed E-state index contributed by atoms with van der Waals surface area (Å²) >= 11 is 0. The number of aryl methyl sites for hydroxylation is 2. The lowest BCUT2D eigenvalue weighted by molar-refractivity contribution is -0.134. The Bertz CT molecular complexity index is 987. The molecule has 4 rings (SSSR count). The molecule has 2 aliphatic heterocycles. The molecule has 7 nitrogen and oxygen atoms in total. The van der Waals surface area contributed by atoms with Crippen LogP contribution in [-0.2, 0) is 21.4 Å². The number of nitrogens with one attached hydrogen (secondary N) is 2. The SMILES string of the molecule is Cc1nc(C)c(CC(=O)N2CCC3(CC2)C(=O)Nc2ccccc23)c(=O)[nH]1. The van der Waals surface area contributed by atoms with Gasteiger partial charge in [0, 0.05) is 30.0 Å². The Morgan fingerprint density at radius 3 is 2.59 bits per heavy atom. The molecule has 0 bridgehead atoms. The summed E-state index contributed by atoms with van der Waals surface area (Å²) in [4.78, 5) is 46.2. The number of fused-ring (bicyclic) bond motifs is 2. The van der Waals surface area contributed by atoms with Gasteiger partial charge in [0.2, 0.25) is 11.8 Å². The van der Waals surface area contributed by atoms with Gasteiger partial charge in [-0.3, -0.25) is 14.4 Å². The average molecular weight is 366 g/mol. The van der Waals surface area contributed by atoms with Gasteiger partial charge in [-0.25, -0.2) is 4.98 Å². The molecule has 2 amide bonds. The number of piperidine rings is 1. The van der Waals surface area contributed by atoms with Crippen molar-refractivity contribution < 1.29 is 9.59 Å². The number of carbonyl (C=O) groups is 2. The van der Waals surface area contributed by atoms with Gasteiger partial charge in [0.15, 0.2) is 0 Å². The van der Waals surface area contributed by atoms with E-state index in [2.05, 4.69) is 15.3 Å². The lowest BCUT2D eigenvalue weighted by atomic mass is 9.73. The largest absolute Gasteiger partial charge is 0.342 e. The van der Waals surface area contributed by atoms with Crippen molar-refractivity contribution in [3.05, 3.63) is 57.3 Å². The van der Waals surface area contributed by atoms with E-state index in [1.807, 2.05) is 24.3 Å². The fraction of sp³-hybridized carbons (Fsp3) is 0.400. The first kappa shape index (κ1) is 17.5. The predicted molar refractivity (Wildman–Crippen MR) is 101 cm³/mol. The molecule has 2 aromatic rings. The molecule has 0 saturated carbocycles. The van der Waals surface area contributed by atoms with E-state index in [4.69, 9.17) is 0 Å². The molecule has 0 atom stereocenters. The van der Waals surface area contributed by atoms with Crippen LogP contribution in [-0.4, -0.2) is 39.8 Å². The fourth-order valence-electron chi connectivity index (χ4n) is 4.23. The smallest absolute Gasteiger partial charge is 0.254 e. The maximum atomic E-state index is 12.7. The molecule has 2 aliphatic rings. The second-order valence-corrected chi connectivity index (χ2v) is 7.35. The van der Waals surface area contributed by atoms with Gasteiger partial charge >= 0.3 is 0 Å². The topological polar surface area (TPSA) is 95.2 Å². The van der Waals surface area contributed by atoms with Gasteiger partial charge in [0.05, 0.1) is 11.8 Å². The molecule has 0 radical (unpaired) electrons. The highest BCUT2D eigenvalue weighted by molar-refractivity contribution is 6.06. The van der Waals surface area contributed by atoms with Crippen molar-refractivity contribution >= 4 is 17.5 Å². The Morgan fingerprint density at radius 1 is 1.19 bits per heavy atom. The number of likely N-dealkylation sites (tertiary alicyclic amines) is 1. The van der Waals surface area contributed by atoms with Crippen molar-refractivity contribution in [1.29, 1.82) is 0 Å². The van der Waals surface area contributed by atoms with Gasteiger partial charge < -0.3 is 15.2 Å². The lowest BCUT2D eigenvalue weighted by Gasteiger charge is -2.38. The zero-order valence-electron chi connectivity index (χ0n) is 15.5. The van der Waals surface area contributed by atoms with Crippen LogP contribution in [0.25, 0.3) is 0 Å². The molecule has 7 heteroatoms. The molecule has 1 fully saturated rings. The normalized spacial score (nSPS) is 17.7. The maximum absolute atomic E-state index is 12.7. The number of rotatable bonds is 2. The standard InChI is InChI=1S/C20H22N4O3/c1-12-14(18(26)22-13(2)21-12)11-17(25)24-9-7-20(8-10-24)15-5-3-4-6-16(15)23-19(20)27/h3-6H,7-11H2,1-2H3,(H,23,27)(H,21,22,26). The van der Waals surface area contributed by atoms with E-state index >= 15 is 0 Å². The molecule has 1 spiro atoms. The highest BCUT2D eigenvalue weighted by atomic mass is 16.2. The highest BCUT2D eigenvalue weighted by Crippen LogP contribution is 2.44. The quantitative estimate of drug-likeness (QED) is 0.841. The van der Waals surface area contributed by atoms with Crippen LogP contribution in [0.1, 0.15) is 35.5 Å². The van der Waals surface area contributed by atoms with E-state index in [-0.39, 0.29) is 23.8 Å². The first-order valence-electron chi connectivity index (χ1n) is 9.16. The van der Waals surface area contributed by atoms with Gasteiger partial charge in [0.1, 0.15) is 5.82 Å². The van der Waals surface area contributed by atoms with Crippen molar-refractivity contribution in [2.45, 2.75) is 38.5 Å². The number of hydrogen-bond donors (Lipinski definition) is 2. The van der Waals surface area contributed by atoms with E-state index in [0.29, 0.717) is 43.0 Å². The Kier molecular flexibility index (Phi) is 4.09. The Morgan fingerprint density at radius 2 is 1.89 bits per heavy atom. The number of nitrogens with zero attached hydrogens (tertiary/aromatic N) is 2. The number of anilines is 1. The zero-order chi connectivity index (χ0) is 19.2. The van der Waals surface area contributed by atoms with Gasteiger partial charge in [-0.05, 0) is 38.3 Å². The molecule has 140 valence electrons.